The van der Waals surface area contributed by atoms with Crippen LogP contribution in [0.3, 0.4) is 0 Å². The monoisotopic (exact) mass is 596 g/mol. The number of carbonyl (C=O) groups is 3. The summed E-state index contributed by atoms with van der Waals surface area (Å²) in [5.41, 5.74) is -0.356. The van der Waals surface area contributed by atoms with Crippen molar-refractivity contribution in [3.63, 3.8) is 0 Å². The van der Waals surface area contributed by atoms with E-state index in [9.17, 15) is 23.6 Å². The summed E-state index contributed by atoms with van der Waals surface area (Å²) in [5, 5.41) is 6.74. The topological polar surface area (TPSA) is 128 Å². The van der Waals surface area contributed by atoms with E-state index in [2.05, 4.69) is 15.4 Å². The van der Waals surface area contributed by atoms with Gasteiger partial charge < -0.3 is 15.0 Å². The average Bonchev–Trinajstić information content (AvgIpc) is 3.22. The van der Waals surface area contributed by atoms with Crippen LogP contribution in [-0.2, 0) is 27.3 Å². The molecule has 1 N–H and O–H groups in total. The summed E-state index contributed by atoms with van der Waals surface area (Å²) in [6.07, 6.45) is 5.37. The maximum atomic E-state index is 14.8. The van der Waals surface area contributed by atoms with E-state index in [0.29, 0.717) is 30.3 Å². The molecule has 2 heterocycles. The number of unbranched alkanes of at least 4 members (excludes halogenated alkanes) is 1. The van der Waals surface area contributed by atoms with Crippen LogP contribution < -0.4 is 10.9 Å². The average molecular weight is 597 g/mol. The molecular weight excluding hydrogens is 555 g/mol. The number of hydrogen-bond acceptors (Lipinski definition) is 7. The van der Waals surface area contributed by atoms with Crippen molar-refractivity contribution in [2.45, 2.75) is 79.4 Å². The summed E-state index contributed by atoms with van der Waals surface area (Å²) in [5.74, 6) is -0.909. The van der Waals surface area contributed by atoms with Gasteiger partial charge in [-0.3, -0.25) is 14.4 Å². The first-order valence-corrected chi connectivity index (χ1v) is 14.1. The lowest BCUT2D eigenvalue weighted by Crippen LogP contribution is -2.31. The smallest absolute Gasteiger partial charge is 0.420 e. The molecule has 0 aliphatic rings. The molecule has 0 aliphatic carbocycles. The number of rotatable bonds is 9. The lowest BCUT2D eigenvalue weighted by molar-refractivity contribution is -0.123. The molecule has 11 nitrogen and oxygen atoms in total. The number of fused-ring (bicyclic) bond motifs is 1. The summed E-state index contributed by atoms with van der Waals surface area (Å²) in [4.78, 5) is 56.9. The Hall–Kier alpha value is -4.35. The van der Waals surface area contributed by atoms with Gasteiger partial charge in [-0.1, -0.05) is 26.8 Å². The number of benzene rings is 1. The SMILES string of the molecule is CN(C)C(=O)/C=C/CCCC(=O)Nc1ccnn(Cc2nc3c(CC(C)(C)C)cc(F)cc3n2C(=O)OC(C)(C)C)c1=O. The van der Waals surface area contributed by atoms with Gasteiger partial charge in [-0.25, -0.2) is 23.4 Å². The largest absolute Gasteiger partial charge is 0.443 e. The molecule has 0 spiro atoms. The number of amides is 2. The molecule has 232 valence electrons. The molecule has 0 saturated carbocycles. The zero-order valence-electron chi connectivity index (χ0n) is 26.2. The van der Waals surface area contributed by atoms with E-state index in [1.165, 1.54) is 39.9 Å². The molecule has 0 fully saturated rings. The second-order valence-electron chi connectivity index (χ2n) is 12.8. The molecule has 0 bridgehead atoms. The quantitative estimate of drug-likeness (QED) is 0.275. The standard InChI is InChI=1S/C31H41FN6O5/c1-30(2,3)18-20-16-21(32)17-23-27(20)35-24(38(23)29(42)43-31(4,5)6)19-37-28(41)22(14-15-33-37)34-25(39)12-10-9-11-13-26(40)36(7)8/h11,13-17H,9-10,12,18-19H2,1-8H3,(H,34,39)/b13-11+. The van der Waals surface area contributed by atoms with Gasteiger partial charge >= 0.3 is 6.09 Å². The zero-order chi connectivity index (χ0) is 32.1. The highest BCUT2D eigenvalue weighted by Gasteiger charge is 2.26. The van der Waals surface area contributed by atoms with Gasteiger partial charge in [-0.15, -0.1) is 0 Å². The molecule has 2 amide bonds. The number of imidazole rings is 1. The minimum Gasteiger partial charge on any atom is -0.443 e. The number of allylic oxidation sites excluding steroid dienone is 1. The number of likely N-dealkylation sites (N-methyl/N-ethyl adjacent to an activating group) is 1. The highest BCUT2D eigenvalue weighted by Crippen LogP contribution is 2.29. The summed E-state index contributed by atoms with van der Waals surface area (Å²) in [6, 6.07) is 4.01. The van der Waals surface area contributed by atoms with Crippen LogP contribution in [0.5, 0.6) is 0 Å². The second-order valence-corrected chi connectivity index (χ2v) is 12.8. The molecule has 2 aromatic heterocycles. The van der Waals surface area contributed by atoms with Gasteiger partial charge in [0.2, 0.25) is 11.8 Å². The van der Waals surface area contributed by atoms with E-state index in [0.717, 1.165) is 4.68 Å². The number of nitrogens with zero attached hydrogens (tertiary/aromatic N) is 5. The Balaban J connectivity index is 1.91. The zero-order valence-corrected chi connectivity index (χ0v) is 26.2. The molecule has 43 heavy (non-hydrogen) atoms. The Morgan fingerprint density at radius 2 is 1.81 bits per heavy atom. The maximum absolute atomic E-state index is 14.8. The Morgan fingerprint density at radius 3 is 2.44 bits per heavy atom. The molecule has 3 rings (SSSR count). The van der Waals surface area contributed by atoms with Crippen LogP contribution in [0.2, 0.25) is 0 Å². The summed E-state index contributed by atoms with van der Waals surface area (Å²) in [6.45, 7) is 11.0. The maximum Gasteiger partial charge on any atom is 0.420 e. The van der Waals surface area contributed by atoms with Gasteiger partial charge in [-0.2, -0.15) is 5.10 Å². The van der Waals surface area contributed by atoms with Crippen molar-refractivity contribution < 1.29 is 23.5 Å². The van der Waals surface area contributed by atoms with Gasteiger partial charge in [-0.05, 0) is 69.2 Å². The number of nitrogens with one attached hydrogen (secondary N) is 1. The van der Waals surface area contributed by atoms with E-state index >= 15 is 0 Å². The van der Waals surface area contributed by atoms with E-state index in [1.54, 1.807) is 40.9 Å². The van der Waals surface area contributed by atoms with Gasteiger partial charge in [0.1, 0.15) is 29.5 Å². The van der Waals surface area contributed by atoms with Crippen LogP contribution in [0, 0.1) is 11.2 Å². The summed E-state index contributed by atoms with van der Waals surface area (Å²) in [7, 11) is 3.30. The van der Waals surface area contributed by atoms with Crippen molar-refractivity contribution in [3.05, 3.63) is 64.1 Å². The van der Waals surface area contributed by atoms with E-state index in [-0.39, 0.29) is 47.2 Å². The van der Waals surface area contributed by atoms with Crippen molar-refractivity contribution in [1.82, 2.24) is 24.2 Å². The van der Waals surface area contributed by atoms with Crippen LogP contribution >= 0.6 is 0 Å². The Morgan fingerprint density at radius 1 is 1.12 bits per heavy atom. The molecule has 3 aromatic rings. The fraction of sp³-hybridized carbons (Fsp3) is 0.484. The molecule has 0 atom stereocenters. The first-order valence-electron chi connectivity index (χ1n) is 14.1. The molecule has 0 aliphatic heterocycles. The van der Waals surface area contributed by atoms with Gasteiger partial charge in [0.25, 0.3) is 5.56 Å². The molecule has 12 heteroatoms. The molecule has 0 saturated heterocycles. The van der Waals surface area contributed by atoms with Gasteiger partial charge in [0.05, 0.1) is 11.0 Å². The van der Waals surface area contributed by atoms with Gasteiger partial charge in [0.15, 0.2) is 0 Å². The highest BCUT2D eigenvalue weighted by atomic mass is 19.1. The number of carbonyl (C=O) groups excluding carboxylic acids is 3. The minimum atomic E-state index is -0.844. The molecule has 0 unspecified atom stereocenters. The first-order chi connectivity index (χ1) is 19.9. The van der Waals surface area contributed by atoms with Crippen LogP contribution in [0.1, 0.15) is 72.2 Å². The Bertz CT molecular complexity index is 1590. The fourth-order valence-corrected chi connectivity index (χ4v) is 4.30. The minimum absolute atomic E-state index is 0.0118. The third-order valence-electron chi connectivity index (χ3n) is 6.12. The second kappa shape index (κ2) is 13.3. The van der Waals surface area contributed by atoms with Crippen LogP contribution in [0.4, 0.5) is 14.9 Å². The highest BCUT2D eigenvalue weighted by molar-refractivity contribution is 5.91. The van der Waals surface area contributed by atoms with Crippen molar-refractivity contribution >= 4 is 34.6 Å². The van der Waals surface area contributed by atoms with Crippen molar-refractivity contribution in [2.24, 2.45) is 5.41 Å². The predicted molar refractivity (Wildman–Crippen MR) is 162 cm³/mol. The molecular formula is C31H41FN6O5. The van der Waals surface area contributed by atoms with Crippen LogP contribution in [-0.4, -0.2) is 61.8 Å². The van der Waals surface area contributed by atoms with E-state index in [4.69, 9.17) is 4.74 Å². The number of anilines is 1. The lowest BCUT2D eigenvalue weighted by Gasteiger charge is -2.21. The van der Waals surface area contributed by atoms with Crippen molar-refractivity contribution in [2.75, 3.05) is 19.4 Å². The summed E-state index contributed by atoms with van der Waals surface area (Å²) >= 11 is 0. The predicted octanol–water partition coefficient (Wildman–Crippen LogP) is 4.91. The molecule has 1 aromatic carbocycles. The van der Waals surface area contributed by atoms with Crippen LogP contribution in [0.25, 0.3) is 11.0 Å². The Kier molecular flexibility index (Phi) is 10.3. The van der Waals surface area contributed by atoms with Crippen LogP contribution in [0.15, 0.2) is 41.3 Å². The normalized spacial score (nSPS) is 12.1. The Labute approximate surface area is 250 Å². The van der Waals surface area contributed by atoms with Gasteiger partial charge in [0, 0.05) is 32.8 Å². The lowest BCUT2D eigenvalue weighted by atomic mass is 9.87. The van der Waals surface area contributed by atoms with E-state index < -0.39 is 23.1 Å². The molecule has 0 radical (unpaired) electrons. The number of halogens is 1. The third-order valence-corrected chi connectivity index (χ3v) is 6.12. The van der Waals surface area contributed by atoms with E-state index in [1.807, 2.05) is 20.8 Å². The fourth-order valence-electron chi connectivity index (χ4n) is 4.30. The number of ether oxygens (including phenoxy) is 1. The third kappa shape index (κ3) is 9.32. The first kappa shape index (κ1) is 33.2. The number of aromatic nitrogens is 4. The summed E-state index contributed by atoms with van der Waals surface area (Å²) < 4.78 is 22.7. The number of hydrogen-bond donors (Lipinski definition) is 1. The van der Waals surface area contributed by atoms with Crippen molar-refractivity contribution in [1.29, 1.82) is 0 Å². The van der Waals surface area contributed by atoms with Crippen molar-refractivity contribution in [3.8, 4) is 0 Å².